The van der Waals surface area contributed by atoms with E-state index >= 15 is 0 Å². The lowest BCUT2D eigenvalue weighted by atomic mass is 9.82. The highest BCUT2D eigenvalue weighted by atomic mass is 32.1. The van der Waals surface area contributed by atoms with E-state index in [0.29, 0.717) is 0 Å². The highest BCUT2D eigenvalue weighted by Gasteiger charge is 2.20. The Morgan fingerprint density at radius 2 is 1.66 bits per heavy atom. The fraction of sp³-hybridized carbons (Fsp3) is 0.143. The fourth-order valence-electron chi connectivity index (χ4n) is 4.38. The number of benzene rings is 3. The molecule has 6 aromatic rings. The van der Waals surface area contributed by atoms with Gasteiger partial charge in [-0.25, -0.2) is 9.97 Å². The van der Waals surface area contributed by atoms with Gasteiger partial charge < -0.3 is 0 Å². The lowest BCUT2D eigenvalue weighted by Crippen LogP contribution is -2.12. The molecule has 0 aliphatic carbocycles. The predicted octanol–water partition coefficient (Wildman–Crippen LogP) is 8.69. The van der Waals surface area contributed by atoms with Gasteiger partial charge in [0.2, 0.25) is 0 Å². The summed E-state index contributed by atoms with van der Waals surface area (Å²) in [7, 11) is 0. The average Bonchev–Trinajstić information content (AvgIpc) is 3.43. The molecule has 3 heterocycles. The van der Waals surface area contributed by atoms with Crippen LogP contribution in [0.25, 0.3) is 52.8 Å². The van der Waals surface area contributed by atoms with Crippen LogP contribution in [-0.4, -0.2) is 9.97 Å². The first kappa shape index (κ1) is 19.6. The van der Waals surface area contributed by atoms with Crippen molar-refractivity contribution in [3.8, 4) is 21.7 Å². The molecule has 0 N–H and O–H groups in total. The third-order valence-corrected chi connectivity index (χ3v) is 8.05. The zero-order valence-corrected chi connectivity index (χ0v) is 19.8. The van der Waals surface area contributed by atoms with Crippen molar-refractivity contribution in [1.82, 2.24) is 9.97 Å². The van der Waals surface area contributed by atoms with Crippen molar-refractivity contribution in [3.63, 3.8) is 0 Å². The number of nitrogens with zero attached hydrogens (tertiary/aromatic N) is 2. The molecule has 0 saturated carbocycles. The lowest BCUT2D eigenvalue weighted by Gasteiger charge is -2.22. The smallest absolute Gasteiger partial charge is 0.116 e. The van der Waals surface area contributed by atoms with E-state index in [9.17, 15) is 0 Å². The van der Waals surface area contributed by atoms with E-state index in [2.05, 4.69) is 97.9 Å². The van der Waals surface area contributed by atoms with Crippen molar-refractivity contribution in [1.29, 1.82) is 0 Å². The van der Waals surface area contributed by atoms with Crippen LogP contribution in [0, 0.1) is 0 Å². The Labute approximate surface area is 195 Å². The Hall–Kier alpha value is -3.08. The molecule has 3 aromatic heterocycles. The summed E-state index contributed by atoms with van der Waals surface area (Å²) in [5.74, 6) is 0. The summed E-state index contributed by atoms with van der Waals surface area (Å²) in [6.07, 6.45) is 1.70. The number of hydrogen-bond acceptors (Lipinski definition) is 4. The van der Waals surface area contributed by atoms with Gasteiger partial charge in [0.05, 0.1) is 15.9 Å². The topological polar surface area (TPSA) is 25.8 Å². The third-order valence-electron chi connectivity index (χ3n) is 6.00. The summed E-state index contributed by atoms with van der Waals surface area (Å²) in [5.41, 5.74) is 5.80. The van der Waals surface area contributed by atoms with Gasteiger partial charge in [0, 0.05) is 15.1 Å². The SMILES string of the molecule is CC(C)(C)c1cc(-c2ncnc3cc(-c4ccc5ccsc5c4)sc23)cc2ccccc12. The molecule has 0 spiro atoms. The molecule has 0 fully saturated rings. The van der Waals surface area contributed by atoms with Crippen LogP contribution in [0.1, 0.15) is 26.3 Å². The average molecular weight is 451 g/mol. The van der Waals surface area contributed by atoms with E-state index in [-0.39, 0.29) is 5.41 Å². The van der Waals surface area contributed by atoms with Crippen LogP contribution in [0.4, 0.5) is 0 Å². The monoisotopic (exact) mass is 450 g/mol. The molecular weight excluding hydrogens is 428 g/mol. The van der Waals surface area contributed by atoms with Crippen LogP contribution in [0.3, 0.4) is 0 Å². The van der Waals surface area contributed by atoms with Gasteiger partial charge in [0.25, 0.3) is 0 Å². The van der Waals surface area contributed by atoms with Crippen LogP contribution in [0.2, 0.25) is 0 Å². The molecule has 0 saturated heterocycles. The highest BCUT2D eigenvalue weighted by molar-refractivity contribution is 7.22. The van der Waals surface area contributed by atoms with Gasteiger partial charge in [0.1, 0.15) is 6.33 Å². The molecule has 2 nitrogen and oxygen atoms in total. The van der Waals surface area contributed by atoms with Crippen molar-refractivity contribution in [2.75, 3.05) is 0 Å². The largest absolute Gasteiger partial charge is 0.235 e. The highest BCUT2D eigenvalue weighted by Crippen LogP contribution is 2.41. The number of thiophene rings is 2. The van der Waals surface area contributed by atoms with Crippen molar-refractivity contribution >= 4 is 53.7 Å². The summed E-state index contributed by atoms with van der Waals surface area (Å²) in [6.45, 7) is 6.83. The summed E-state index contributed by atoms with van der Waals surface area (Å²) in [4.78, 5) is 10.6. The summed E-state index contributed by atoms with van der Waals surface area (Å²) >= 11 is 3.57. The van der Waals surface area contributed by atoms with Crippen LogP contribution in [0.15, 0.2) is 78.4 Å². The van der Waals surface area contributed by atoms with Gasteiger partial charge in [0.15, 0.2) is 0 Å². The minimum atomic E-state index is 0.0402. The summed E-state index contributed by atoms with van der Waals surface area (Å²) in [5, 5.41) is 6.01. The Morgan fingerprint density at radius 1 is 0.781 bits per heavy atom. The molecule has 6 rings (SSSR count). The van der Waals surface area contributed by atoms with Gasteiger partial charge in [-0.2, -0.15) is 0 Å². The number of fused-ring (bicyclic) bond motifs is 3. The number of aromatic nitrogens is 2. The van der Waals surface area contributed by atoms with Crippen LogP contribution >= 0.6 is 22.7 Å². The van der Waals surface area contributed by atoms with Crippen molar-refractivity contribution in [3.05, 3.63) is 84.0 Å². The number of rotatable bonds is 2. The Balaban J connectivity index is 1.56. The molecule has 32 heavy (non-hydrogen) atoms. The normalized spacial score (nSPS) is 12.2. The first-order valence-corrected chi connectivity index (χ1v) is 12.4. The van der Waals surface area contributed by atoms with Gasteiger partial charge in [-0.3, -0.25) is 0 Å². The Morgan fingerprint density at radius 3 is 2.53 bits per heavy atom. The Bertz CT molecular complexity index is 1620. The van der Waals surface area contributed by atoms with Gasteiger partial charge in [-0.15, -0.1) is 22.7 Å². The molecule has 0 atom stereocenters. The molecule has 0 unspecified atom stereocenters. The maximum absolute atomic E-state index is 4.76. The van der Waals surface area contributed by atoms with Crippen molar-refractivity contribution < 1.29 is 0 Å². The van der Waals surface area contributed by atoms with E-state index in [1.165, 1.54) is 36.9 Å². The van der Waals surface area contributed by atoms with E-state index in [1.54, 1.807) is 29.0 Å². The minimum Gasteiger partial charge on any atom is -0.235 e. The second-order valence-electron chi connectivity index (χ2n) is 9.22. The molecule has 0 aliphatic rings. The van der Waals surface area contributed by atoms with Gasteiger partial charge in [-0.05, 0) is 68.4 Å². The first-order valence-electron chi connectivity index (χ1n) is 10.7. The first-order chi connectivity index (χ1) is 15.5. The van der Waals surface area contributed by atoms with E-state index in [0.717, 1.165) is 21.5 Å². The van der Waals surface area contributed by atoms with Crippen molar-refractivity contribution in [2.24, 2.45) is 0 Å². The molecule has 0 amide bonds. The fourth-order valence-corrected chi connectivity index (χ4v) is 6.33. The molecular formula is C28H22N2S2. The lowest BCUT2D eigenvalue weighted by molar-refractivity contribution is 0.596. The van der Waals surface area contributed by atoms with E-state index < -0.39 is 0 Å². The summed E-state index contributed by atoms with van der Waals surface area (Å²) < 4.78 is 2.46. The molecule has 0 radical (unpaired) electrons. The van der Waals surface area contributed by atoms with E-state index in [4.69, 9.17) is 4.98 Å². The van der Waals surface area contributed by atoms with Crippen LogP contribution in [-0.2, 0) is 5.41 Å². The predicted molar refractivity (Wildman–Crippen MR) is 140 cm³/mol. The summed E-state index contributed by atoms with van der Waals surface area (Å²) in [6, 6.07) is 24.3. The maximum atomic E-state index is 4.76. The number of hydrogen-bond donors (Lipinski definition) is 0. The van der Waals surface area contributed by atoms with Crippen LogP contribution in [0.5, 0.6) is 0 Å². The zero-order chi connectivity index (χ0) is 21.9. The minimum absolute atomic E-state index is 0.0402. The molecule has 156 valence electrons. The third kappa shape index (κ3) is 3.22. The molecule has 0 aliphatic heterocycles. The molecule has 3 aromatic carbocycles. The standard InChI is InChI=1S/C28H22N2S2/c1-28(2,3)22-13-20(12-18-6-4-5-7-21(18)22)26-27-23(29-16-30-26)15-25(32-27)19-9-8-17-10-11-31-24(17)14-19/h4-16H,1-3H3. The quantitative estimate of drug-likeness (QED) is 0.264. The van der Waals surface area contributed by atoms with Gasteiger partial charge in [-0.1, -0.05) is 57.2 Å². The maximum Gasteiger partial charge on any atom is 0.116 e. The van der Waals surface area contributed by atoms with E-state index in [1.807, 2.05) is 0 Å². The van der Waals surface area contributed by atoms with Crippen molar-refractivity contribution in [2.45, 2.75) is 26.2 Å². The molecule has 4 heteroatoms. The molecule has 0 bridgehead atoms. The zero-order valence-electron chi connectivity index (χ0n) is 18.2. The van der Waals surface area contributed by atoms with Gasteiger partial charge >= 0.3 is 0 Å². The van der Waals surface area contributed by atoms with Crippen LogP contribution < -0.4 is 0 Å². The Kier molecular flexibility index (Phi) is 4.42. The second-order valence-corrected chi connectivity index (χ2v) is 11.2. The second kappa shape index (κ2) is 7.22.